The second-order valence-corrected chi connectivity index (χ2v) is 6.11. The van der Waals surface area contributed by atoms with Crippen LogP contribution in [-0.2, 0) is 4.79 Å². The van der Waals surface area contributed by atoms with Crippen molar-refractivity contribution >= 4 is 23.2 Å². The van der Waals surface area contributed by atoms with Gasteiger partial charge in [-0.2, -0.15) is 0 Å². The van der Waals surface area contributed by atoms with Crippen LogP contribution in [0.4, 0.5) is 0 Å². The number of carboxylic acid groups (broad SMARTS) is 1. The van der Waals surface area contributed by atoms with E-state index in [1.165, 1.54) is 11.3 Å². The highest BCUT2D eigenvalue weighted by molar-refractivity contribution is 7.12. The zero-order chi connectivity index (χ0) is 16.3. The van der Waals surface area contributed by atoms with Gasteiger partial charge in [0.15, 0.2) is 5.13 Å². The molecular formula is C15H19N3O3S. The number of aryl methyl sites for hydroxylation is 1. The third kappa shape index (κ3) is 3.54. The summed E-state index contributed by atoms with van der Waals surface area (Å²) in [5.41, 5.74) is 2.36. The van der Waals surface area contributed by atoms with Gasteiger partial charge in [0.2, 0.25) is 0 Å². The zero-order valence-corrected chi connectivity index (χ0v) is 13.6. The van der Waals surface area contributed by atoms with Crippen LogP contribution in [0.25, 0.3) is 5.13 Å². The molecule has 2 N–H and O–H groups in total. The highest BCUT2D eigenvalue weighted by Gasteiger charge is 2.19. The molecule has 118 valence electrons. The molecule has 2 rings (SSSR count). The maximum absolute atomic E-state index is 12.4. The minimum atomic E-state index is -0.858. The van der Waals surface area contributed by atoms with E-state index in [2.05, 4.69) is 10.3 Å². The highest BCUT2D eigenvalue weighted by atomic mass is 32.1. The molecule has 0 bridgehead atoms. The molecule has 0 aromatic carbocycles. The SMILES string of the molecule is Cc1cc(C(=O)NC(C)CCC(=O)O)c(C)n1-c1nccs1. The van der Waals surface area contributed by atoms with Crippen molar-refractivity contribution in [2.24, 2.45) is 0 Å². The smallest absolute Gasteiger partial charge is 0.303 e. The first-order chi connectivity index (χ1) is 10.4. The van der Waals surface area contributed by atoms with E-state index in [1.807, 2.05) is 29.9 Å². The van der Waals surface area contributed by atoms with Crippen molar-refractivity contribution in [1.82, 2.24) is 14.9 Å². The number of nitrogens with one attached hydrogen (secondary N) is 1. The van der Waals surface area contributed by atoms with Crippen LogP contribution < -0.4 is 5.32 Å². The standard InChI is InChI=1S/C15H19N3O3S/c1-9(4-5-13(19)20)17-14(21)12-8-10(2)18(11(12)3)15-16-6-7-22-15/h6-9H,4-5H2,1-3H3,(H,17,21)(H,19,20). The summed E-state index contributed by atoms with van der Waals surface area (Å²) in [4.78, 5) is 27.2. The molecule has 0 fully saturated rings. The Morgan fingerprint density at radius 1 is 1.45 bits per heavy atom. The molecule has 2 aromatic heterocycles. The Kier molecular flexibility index (Phi) is 4.97. The van der Waals surface area contributed by atoms with Gasteiger partial charge in [-0.15, -0.1) is 11.3 Å². The number of amides is 1. The van der Waals surface area contributed by atoms with Crippen molar-refractivity contribution in [3.05, 3.63) is 34.6 Å². The van der Waals surface area contributed by atoms with Gasteiger partial charge in [0, 0.05) is 35.4 Å². The second kappa shape index (κ2) is 6.74. The predicted molar refractivity (Wildman–Crippen MR) is 84.7 cm³/mol. The molecule has 0 aliphatic carbocycles. The van der Waals surface area contributed by atoms with E-state index in [0.717, 1.165) is 16.5 Å². The summed E-state index contributed by atoms with van der Waals surface area (Å²) in [7, 11) is 0. The molecule has 1 unspecified atom stereocenters. The van der Waals surface area contributed by atoms with Crippen molar-refractivity contribution in [2.75, 3.05) is 0 Å². The van der Waals surface area contributed by atoms with Crippen LogP contribution in [-0.4, -0.2) is 32.6 Å². The second-order valence-electron chi connectivity index (χ2n) is 5.24. The fraction of sp³-hybridized carbons (Fsp3) is 0.400. The predicted octanol–water partition coefficient (Wildman–Crippen LogP) is 2.53. The van der Waals surface area contributed by atoms with Crippen LogP contribution in [0.1, 0.15) is 41.5 Å². The third-order valence-electron chi connectivity index (χ3n) is 3.46. The van der Waals surface area contributed by atoms with Gasteiger partial charge in [0.1, 0.15) is 0 Å². The summed E-state index contributed by atoms with van der Waals surface area (Å²) in [6.07, 6.45) is 2.18. The lowest BCUT2D eigenvalue weighted by Crippen LogP contribution is -2.33. The Hall–Kier alpha value is -2.15. The molecule has 0 aliphatic heterocycles. The molecule has 0 saturated carbocycles. The molecule has 0 saturated heterocycles. The summed E-state index contributed by atoms with van der Waals surface area (Å²) in [5, 5.41) is 14.2. The monoisotopic (exact) mass is 321 g/mol. The number of rotatable bonds is 6. The van der Waals surface area contributed by atoms with Crippen molar-refractivity contribution in [3.8, 4) is 5.13 Å². The summed E-state index contributed by atoms with van der Waals surface area (Å²) >= 11 is 1.51. The Bertz CT molecular complexity index is 677. The molecule has 0 spiro atoms. The first-order valence-electron chi connectivity index (χ1n) is 7.01. The van der Waals surface area contributed by atoms with E-state index in [1.54, 1.807) is 13.1 Å². The normalized spacial score (nSPS) is 12.1. The lowest BCUT2D eigenvalue weighted by molar-refractivity contribution is -0.137. The summed E-state index contributed by atoms with van der Waals surface area (Å²) in [6.45, 7) is 5.62. The zero-order valence-electron chi connectivity index (χ0n) is 12.8. The number of thiazole rings is 1. The number of carbonyl (C=O) groups is 2. The quantitative estimate of drug-likeness (QED) is 0.856. The fourth-order valence-electron chi connectivity index (χ4n) is 2.33. The van der Waals surface area contributed by atoms with E-state index in [4.69, 9.17) is 5.11 Å². The van der Waals surface area contributed by atoms with Gasteiger partial charge in [0.25, 0.3) is 5.91 Å². The fourth-order valence-corrected chi connectivity index (χ4v) is 3.08. The van der Waals surface area contributed by atoms with Gasteiger partial charge in [-0.05, 0) is 33.3 Å². The third-order valence-corrected chi connectivity index (χ3v) is 4.21. The number of carboxylic acids is 1. The largest absolute Gasteiger partial charge is 0.481 e. The molecular weight excluding hydrogens is 302 g/mol. The van der Waals surface area contributed by atoms with E-state index in [0.29, 0.717) is 12.0 Å². The highest BCUT2D eigenvalue weighted by Crippen LogP contribution is 2.22. The van der Waals surface area contributed by atoms with E-state index >= 15 is 0 Å². The Morgan fingerprint density at radius 3 is 2.77 bits per heavy atom. The molecule has 6 nitrogen and oxygen atoms in total. The minimum Gasteiger partial charge on any atom is -0.481 e. The van der Waals surface area contributed by atoms with Crippen molar-refractivity contribution < 1.29 is 14.7 Å². The number of carbonyl (C=O) groups excluding carboxylic acids is 1. The van der Waals surface area contributed by atoms with Crippen molar-refractivity contribution in [1.29, 1.82) is 0 Å². The molecule has 2 aromatic rings. The Morgan fingerprint density at radius 2 is 2.18 bits per heavy atom. The van der Waals surface area contributed by atoms with Crippen LogP contribution in [0, 0.1) is 13.8 Å². The van der Waals surface area contributed by atoms with Gasteiger partial charge in [-0.1, -0.05) is 0 Å². The van der Waals surface area contributed by atoms with E-state index in [9.17, 15) is 9.59 Å². The van der Waals surface area contributed by atoms with Crippen LogP contribution in [0.2, 0.25) is 0 Å². The van der Waals surface area contributed by atoms with Crippen LogP contribution in [0.3, 0.4) is 0 Å². The first kappa shape index (κ1) is 16.2. The average Bonchev–Trinajstić information content (AvgIpc) is 3.04. The van der Waals surface area contributed by atoms with Gasteiger partial charge < -0.3 is 10.4 Å². The van der Waals surface area contributed by atoms with Gasteiger partial charge in [-0.3, -0.25) is 14.2 Å². The van der Waals surface area contributed by atoms with Crippen molar-refractivity contribution in [3.63, 3.8) is 0 Å². The lowest BCUT2D eigenvalue weighted by Gasteiger charge is -2.13. The number of aliphatic carboxylic acids is 1. The van der Waals surface area contributed by atoms with Gasteiger partial charge in [0.05, 0.1) is 5.56 Å². The maximum atomic E-state index is 12.4. The number of nitrogens with zero attached hydrogens (tertiary/aromatic N) is 2. The first-order valence-corrected chi connectivity index (χ1v) is 7.89. The lowest BCUT2D eigenvalue weighted by atomic mass is 10.1. The number of hydrogen-bond donors (Lipinski definition) is 2. The molecule has 2 heterocycles. The van der Waals surface area contributed by atoms with Gasteiger partial charge in [-0.25, -0.2) is 4.98 Å². The van der Waals surface area contributed by atoms with E-state index < -0.39 is 5.97 Å². The molecule has 7 heteroatoms. The minimum absolute atomic E-state index is 0.0413. The van der Waals surface area contributed by atoms with Crippen LogP contribution in [0.5, 0.6) is 0 Å². The summed E-state index contributed by atoms with van der Waals surface area (Å²) in [5.74, 6) is -1.04. The van der Waals surface area contributed by atoms with Crippen LogP contribution in [0.15, 0.2) is 17.6 Å². The topological polar surface area (TPSA) is 84.2 Å². The number of aromatic nitrogens is 2. The summed E-state index contributed by atoms with van der Waals surface area (Å²) < 4.78 is 1.95. The van der Waals surface area contributed by atoms with Gasteiger partial charge >= 0.3 is 5.97 Å². The molecule has 1 amide bonds. The molecule has 1 atom stereocenters. The molecule has 0 aliphatic rings. The number of hydrogen-bond acceptors (Lipinski definition) is 4. The Balaban J connectivity index is 2.14. The molecule has 22 heavy (non-hydrogen) atoms. The van der Waals surface area contributed by atoms with E-state index in [-0.39, 0.29) is 18.4 Å². The Labute approximate surface area is 132 Å². The van der Waals surface area contributed by atoms with Crippen LogP contribution >= 0.6 is 11.3 Å². The molecule has 0 radical (unpaired) electrons. The summed E-state index contributed by atoms with van der Waals surface area (Å²) in [6, 6.07) is 1.64. The average molecular weight is 321 g/mol. The maximum Gasteiger partial charge on any atom is 0.303 e. The van der Waals surface area contributed by atoms with Crippen molar-refractivity contribution in [2.45, 2.75) is 39.7 Å².